The monoisotopic (exact) mass is 341 g/mol. The summed E-state index contributed by atoms with van der Waals surface area (Å²) < 4.78 is 1.53. The molecule has 0 amide bonds. The van der Waals surface area contributed by atoms with Gasteiger partial charge in [0, 0.05) is 42.6 Å². The lowest BCUT2D eigenvalue weighted by atomic mass is 10.1. The smallest absolute Gasteiger partial charge is 0.267 e. The lowest BCUT2D eigenvalue weighted by molar-refractivity contribution is 0.572. The van der Waals surface area contributed by atoms with E-state index in [1.54, 1.807) is 23.7 Å². The van der Waals surface area contributed by atoms with Crippen LogP contribution in [-0.4, -0.2) is 26.3 Å². The average molecular weight is 341 g/mol. The second kappa shape index (κ2) is 5.66. The number of nitrogens with zero attached hydrogens (tertiary/aromatic N) is 5. The number of thiophene rings is 1. The largest absolute Gasteiger partial charge is 0.351 e. The predicted octanol–water partition coefficient (Wildman–Crippen LogP) is 2.45. The van der Waals surface area contributed by atoms with Gasteiger partial charge in [-0.05, 0) is 26.3 Å². The third-order valence-corrected chi connectivity index (χ3v) is 5.80. The standard InChI is InChI=1S/C17H19N5OS/c1-4-22-14(23)7-12-8-21(6-5-13(12)20-22)16-15-10(2)11(3)24-17(15)19-9-18-16/h7,9H,4-6,8H2,1-3H3. The molecule has 124 valence electrons. The van der Waals surface area contributed by atoms with Crippen LogP contribution in [0.1, 0.15) is 28.6 Å². The van der Waals surface area contributed by atoms with Gasteiger partial charge in [-0.2, -0.15) is 5.10 Å². The molecule has 4 rings (SSSR count). The Morgan fingerprint density at radius 2 is 2.12 bits per heavy atom. The molecule has 0 aliphatic carbocycles. The quantitative estimate of drug-likeness (QED) is 0.716. The Balaban J connectivity index is 1.78. The maximum absolute atomic E-state index is 12.1. The molecular weight excluding hydrogens is 322 g/mol. The Labute approximate surface area is 143 Å². The molecule has 0 bridgehead atoms. The van der Waals surface area contributed by atoms with E-state index in [1.165, 1.54) is 15.1 Å². The SMILES string of the molecule is CCn1nc2c(cc1=O)CN(c1ncnc3sc(C)c(C)c13)CC2. The van der Waals surface area contributed by atoms with Gasteiger partial charge in [-0.15, -0.1) is 11.3 Å². The van der Waals surface area contributed by atoms with E-state index in [9.17, 15) is 4.79 Å². The number of aryl methyl sites for hydroxylation is 3. The average Bonchev–Trinajstić information content (AvgIpc) is 2.88. The third kappa shape index (κ3) is 2.31. The van der Waals surface area contributed by atoms with E-state index in [-0.39, 0.29) is 5.56 Å². The lowest BCUT2D eigenvalue weighted by Crippen LogP contribution is -2.35. The second-order valence-electron chi connectivity index (χ2n) is 6.10. The minimum absolute atomic E-state index is 0.0338. The van der Waals surface area contributed by atoms with Crippen molar-refractivity contribution in [2.45, 2.75) is 40.3 Å². The van der Waals surface area contributed by atoms with Crippen molar-refractivity contribution in [3.63, 3.8) is 0 Å². The first-order valence-electron chi connectivity index (χ1n) is 8.14. The molecule has 4 heterocycles. The fourth-order valence-corrected chi connectivity index (χ4v) is 4.24. The van der Waals surface area contributed by atoms with Gasteiger partial charge in [0.15, 0.2) is 0 Å². The molecule has 6 nitrogen and oxygen atoms in total. The van der Waals surface area contributed by atoms with E-state index in [0.717, 1.165) is 40.3 Å². The molecule has 1 aliphatic heterocycles. The van der Waals surface area contributed by atoms with Crippen molar-refractivity contribution in [1.29, 1.82) is 0 Å². The van der Waals surface area contributed by atoms with Crippen LogP contribution >= 0.6 is 11.3 Å². The summed E-state index contributed by atoms with van der Waals surface area (Å²) in [5.41, 5.74) is 3.24. The van der Waals surface area contributed by atoms with Gasteiger partial charge < -0.3 is 4.90 Å². The summed E-state index contributed by atoms with van der Waals surface area (Å²) in [5.74, 6) is 0.965. The van der Waals surface area contributed by atoms with Gasteiger partial charge in [-0.3, -0.25) is 4.79 Å². The number of anilines is 1. The summed E-state index contributed by atoms with van der Waals surface area (Å²) in [6, 6.07) is 1.72. The van der Waals surface area contributed by atoms with Crippen LogP contribution in [0.3, 0.4) is 0 Å². The van der Waals surface area contributed by atoms with Crippen LogP contribution in [0, 0.1) is 13.8 Å². The Morgan fingerprint density at radius 3 is 2.92 bits per heavy atom. The first-order valence-corrected chi connectivity index (χ1v) is 8.95. The summed E-state index contributed by atoms with van der Waals surface area (Å²) in [4.78, 5) is 25.6. The number of aromatic nitrogens is 4. The van der Waals surface area contributed by atoms with Crippen LogP contribution in [0.4, 0.5) is 5.82 Å². The van der Waals surface area contributed by atoms with Gasteiger partial charge in [0.1, 0.15) is 17.0 Å². The van der Waals surface area contributed by atoms with E-state index in [0.29, 0.717) is 13.1 Å². The summed E-state index contributed by atoms with van der Waals surface area (Å²) in [6.45, 7) is 8.31. The van der Waals surface area contributed by atoms with E-state index < -0.39 is 0 Å². The third-order valence-electron chi connectivity index (χ3n) is 4.69. The number of hydrogen-bond donors (Lipinski definition) is 0. The van der Waals surface area contributed by atoms with Crippen molar-refractivity contribution in [3.05, 3.63) is 44.4 Å². The minimum atomic E-state index is -0.0338. The highest BCUT2D eigenvalue weighted by Crippen LogP contribution is 2.35. The molecule has 0 aromatic carbocycles. The number of fused-ring (bicyclic) bond motifs is 2. The van der Waals surface area contributed by atoms with Crippen molar-refractivity contribution in [1.82, 2.24) is 19.7 Å². The van der Waals surface area contributed by atoms with Gasteiger partial charge in [0.2, 0.25) is 0 Å². The fourth-order valence-electron chi connectivity index (χ4n) is 3.25. The van der Waals surface area contributed by atoms with E-state index in [1.807, 2.05) is 6.92 Å². The Kier molecular flexibility index (Phi) is 3.60. The summed E-state index contributed by atoms with van der Waals surface area (Å²) >= 11 is 1.71. The van der Waals surface area contributed by atoms with E-state index in [2.05, 4.69) is 33.8 Å². The summed E-state index contributed by atoms with van der Waals surface area (Å²) in [6.07, 6.45) is 2.46. The summed E-state index contributed by atoms with van der Waals surface area (Å²) in [5, 5.41) is 5.63. The van der Waals surface area contributed by atoms with Crippen molar-refractivity contribution in [3.8, 4) is 0 Å². The van der Waals surface area contributed by atoms with Crippen molar-refractivity contribution >= 4 is 27.4 Å². The number of rotatable bonds is 2. The van der Waals surface area contributed by atoms with Gasteiger partial charge in [-0.25, -0.2) is 14.6 Å². The van der Waals surface area contributed by atoms with Crippen LogP contribution in [0.2, 0.25) is 0 Å². The highest BCUT2D eigenvalue weighted by Gasteiger charge is 2.23. The topological polar surface area (TPSA) is 63.9 Å². The fraction of sp³-hybridized carbons (Fsp3) is 0.412. The summed E-state index contributed by atoms with van der Waals surface area (Å²) in [7, 11) is 0. The van der Waals surface area contributed by atoms with Gasteiger partial charge >= 0.3 is 0 Å². The highest BCUT2D eigenvalue weighted by molar-refractivity contribution is 7.18. The van der Waals surface area contributed by atoms with Crippen molar-refractivity contribution in [2.24, 2.45) is 0 Å². The molecule has 0 saturated heterocycles. The van der Waals surface area contributed by atoms with Crippen molar-refractivity contribution < 1.29 is 0 Å². The van der Waals surface area contributed by atoms with Crippen LogP contribution in [0.25, 0.3) is 10.2 Å². The molecule has 7 heteroatoms. The first-order chi connectivity index (χ1) is 11.6. The molecule has 0 unspecified atom stereocenters. The molecule has 24 heavy (non-hydrogen) atoms. The highest BCUT2D eigenvalue weighted by atomic mass is 32.1. The van der Waals surface area contributed by atoms with Crippen molar-refractivity contribution in [2.75, 3.05) is 11.4 Å². The molecule has 0 saturated carbocycles. The van der Waals surface area contributed by atoms with E-state index in [4.69, 9.17) is 0 Å². The molecule has 0 N–H and O–H groups in total. The van der Waals surface area contributed by atoms with Gasteiger partial charge in [0.05, 0.1) is 11.1 Å². The zero-order valence-electron chi connectivity index (χ0n) is 14.0. The Hall–Kier alpha value is -2.28. The van der Waals surface area contributed by atoms with Gasteiger partial charge in [0.25, 0.3) is 5.56 Å². The van der Waals surface area contributed by atoms with Gasteiger partial charge in [-0.1, -0.05) is 0 Å². The molecule has 0 atom stereocenters. The van der Waals surface area contributed by atoms with Crippen LogP contribution < -0.4 is 10.5 Å². The number of hydrogen-bond acceptors (Lipinski definition) is 6. The molecule has 0 radical (unpaired) electrons. The molecular formula is C17H19N5OS. The Morgan fingerprint density at radius 1 is 1.29 bits per heavy atom. The normalized spacial score (nSPS) is 14.2. The lowest BCUT2D eigenvalue weighted by Gasteiger charge is -2.29. The maximum Gasteiger partial charge on any atom is 0.267 e. The van der Waals surface area contributed by atoms with Crippen LogP contribution in [0.5, 0.6) is 0 Å². The first kappa shape index (κ1) is 15.3. The molecule has 0 spiro atoms. The second-order valence-corrected chi connectivity index (χ2v) is 7.31. The van der Waals surface area contributed by atoms with Crippen LogP contribution in [-0.2, 0) is 19.5 Å². The molecule has 1 aliphatic rings. The molecule has 0 fully saturated rings. The molecule has 3 aromatic rings. The molecule has 3 aromatic heterocycles. The maximum atomic E-state index is 12.1. The Bertz CT molecular complexity index is 991. The zero-order valence-corrected chi connectivity index (χ0v) is 14.9. The van der Waals surface area contributed by atoms with Crippen LogP contribution in [0.15, 0.2) is 17.2 Å². The predicted molar refractivity (Wildman–Crippen MR) is 95.8 cm³/mol. The van der Waals surface area contributed by atoms with E-state index >= 15 is 0 Å². The minimum Gasteiger partial charge on any atom is -0.351 e. The zero-order chi connectivity index (χ0) is 16.8.